The van der Waals surface area contributed by atoms with Gasteiger partial charge in [-0.3, -0.25) is 14.6 Å². The summed E-state index contributed by atoms with van der Waals surface area (Å²) >= 11 is 0. The number of benzene rings is 1. The fraction of sp³-hybridized carbons (Fsp3) is 0.333. The third-order valence-corrected chi connectivity index (χ3v) is 6.44. The number of fused-ring (bicyclic) bond motifs is 1. The molecule has 0 aliphatic carbocycles. The molecule has 0 saturated carbocycles. The van der Waals surface area contributed by atoms with E-state index in [0.29, 0.717) is 6.54 Å². The molecule has 0 spiro atoms. The van der Waals surface area contributed by atoms with Crippen LogP contribution in [-0.2, 0) is 0 Å². The molecule has 0 unspecified atom stereocenters. The average molecular weight is 493 g/mol. The fourth-order valence-corrected chi connectivity index (χ4v) is 4.22. The zero-order chi connectivity index (χ0) is 25.8. The summed E-state index contributed by atoms with van der Waals surface area (Å²) < 4.78 is 20.4. The van der Waals surface area contributed by atoms with Gasteiger partial charge in [-0.15, -0.1) is 0 Å². The number of nitrogens with zero attached hydrogens (tertiary/aromatic N) is 4. The Morgan fingerprint density at radius 2 is 1.97 bits per heavy atom. The first-order valence-corrected chi connectivity index (χ1v) is 11.8. The molecule has 8 nitrogen and oxygen atoms in total. The number of ether oxygens (including phenoxy) is 1. The average Bonchev–Trinajstić information content (AvgIpc) is 2.90. The molecule has 1 aliphatic rings. The number of aromatic nitrogens is 2. The van der Waals surface area contributed by atoms with Gasteiger partial charge in [0.2, 0.25) is 5.88 Å². The lowest BCUT2D eigenvalue weighted by molar-refractivity contribution is 0.0312. The molecular formula is C27H29FN4O4. The van der Waals surface area contributed by atoms with Gasteiger partial charge in [0, 0.05) is 43.7 Å². The van der Waals surface area contributed by atoms with Crippen LogP contribution in [0.2, 0.25) is 0 Å². The Morgan fingerprint density at radius 3 is 2.67 bits per heavy atom. The van der Waals surface area contributed by atoms with Crippen molar-refractivity contribution in [3.8, 4) is 17.0 Å². The number of hydrogen-bond donors (Lipinski definition) is 1. The maximum absolute atomic E-state index is 14.2. The molecule has 9 heteroatoms. The molecule has 0 bridgehead atoms. The molecule has 0 radical (unpaired) electrons. The predicted molar refractivity (Wildman–Crippen MR) is 132 cm³/mol. The lowest BCUT2D eigenvalue weighted by atomic mass is 9.99. The second-order valence-corrected chi connectivity index (χ2v) is 9.10. The Balaban J connectivity index is 1.68. The van der Waals surface area contributed by atoms with Crippen molar-refractivity contribution >= 4 is 11.8 Å². The van der Waals surface area contributed by atoms with Crippen LogP contribution in [0, 0.1) is 11.7 Å². The third-order valence-electron chi connectivity index (χ3n) is 6.44. The van der Waals surface area contributed by atoms with Gasteiger partial charge in [0.15, 0.2) is 0 Å². The molecule has 2 amide bonds. The second kappa shape index (κ2) is 10.8. The Morgan fingerprint density at radius 1 is 1.25 bits per heavy atom. The highest BCUT2D eigenvalue weighted by Gasteiger charge is 2.35. The number of aliphatic hydroxyl groups excluding tert-OH is 1. The molecule has 188 valence electrons. The van der Waals surface area contributed by atoms with Crippen LogP contribution in [0.4, 0.5) is 4.39 Å². The van der Waals surface area contributed by atoms with E-state index in [0.717, 1.165) is 11.1 Å². The summed E-state index contributed by atoms with van der Waals surface area (Å²) in [6.07, 6.45) is 4.40. The van der Waals surface area contributed by atoms with Crippen molar-refractivity contribution in [2.75, 3.05) is 26.7 Å². The van der Waals surface area contributed by atoms with E-state index >= 15 is 0 Å². The number of likely N-dealkylation sites (N-methyl/N-ethyl adjacent to an activating group) is 1. The highest BCUT2D eigenvalue weighted by Crippen LogP contribution is 2.30. The fourth-order valence-electron chi connectivity index (χ4n) is 4.22. The minimum absolute atomic E-state index is 0.0234. The monoisotopic (exact) mass is 492 g/mol. The van der Waals surface area contributed by atoms with E-state index in [9.17, 15) is 19.1 Å². The van der Waals surface area contributed by atoms with Crippen LogP contribution in [0.25, 0.3) is 11.1 Å². The van der Waals surface area contributed by atoms with Gasteiger partial charge in [-0.1, -0.05) is 19.1 Å². The Bertz CT molecular complexity index is 1240. The highest BCUT2D eigenvalue weighted by molar-refractivity contribution is 5.98. The number of aliphatic hydroxyl groups is 1. The first-order chi connectivity index (χ1) is 17.3. The van der Waals surface area contributed by atoms with Crippen molar-refractivity contribution < 1.29 is 23.8 Å². The van der Waals surface area contributed by atoms with Gasteiger partial charge in [0.1, 0.15) is 17.5 Å². The van der Waals surface area contributed by atoms with Crippen molar-refractivity contribution in [1.29, 1.82) is 0 Å². The molecule has 3 aromatic rings. The molecule has 1 aliphatic heterocycles. The van der Waals surface area contributed by atoms with Crippen molar-refractivity contribution in [1.82, 2.24) is 19.8 Å². The Hall–Kier alpha value is -3.85. The largest absolute Gasteiger partial charge is 0.472 e. The second-order valence-electron chi connectivity index (χ2n) is 9.10. The lowest BCUT2D eigenvalue weighted by Crippen LogP contribution is -2.50. The first-order valence-electron chi connectivity index (χ1n) is 11.8. The Labute approximate surface area is 209 Å². The van der Waals surface area contributed by atoms with Crippen molar-refractivity contribution in [3.05, 3.63) is 78.0 Å². The summed E-state index contributed by atoms with van der Waals surface area (Å²) in [6, 6.07) is 10.8. The van der Waals surface area contributed by atoms with E-state index in [4.69, 9.17) is 4.74 Å². The maximum atomic E-state index is 14.2. The number of hydrogen-bond acceptors (Lipinski definition) is 6. The zero-order valence-corrected chi connectivity index (χ0v) is 20.5. The molecule has 1 aromatic carbocycles. The van der Waals surface area contributed by atoms with Crippen molar-refractivity contribution in [2.24, 2.45) is 5.92 Å². The summed E-state index contributed by atoms with van der Waals surface area (Å²) in [5.74, 6) is -1.42. The summed E-state index contributed by atoms with van der Waals surface area (Å²) in [7, 11) is 1.59. The lowest BCUT2D eigenvalue weighted by Gasteiger charge is -2.37. The molecular weight excluding hydrogens is 463 g/mol. The molecule has 3 heterocycles. The summed E-state index contributed by atoms with van der Waals surface area (Å²) in [6.45, 7) is 3.92. The smallest absolute Gasteiger partial charge is 0.259 e. The number of halogens is 1. The van der Waals surface area contributed by atoms with Gasteiger partial charge in [-0.2, -0.15) is 0 Å². The zero-order valence-electron chi connectivity index (χ0n) is 20.5. The summed E-state index contributed by atoms with van der Waals surface area (Å²) in [5, 5.41) is 9.83. The summed E-state index contributed by atoms with van der Waals surface area (Å²) in [4.78, 5) is 38.0. The SMILES string of the molecule is C[C@H]1CN([C@@H](C)CO)C(=O)c2cc(-c3ccncc3)cnc2O[C@@H]1CN(C)C(=O)c1ccccc1F. The minimum atomic E-state index is -0.592. The molecule has 36 heavy (non-hydrogen) atoms. The minimum Gasteiger partial charge on any atom is -0.472 e. The molecule has 4 rings (SSSR count). The van der Waals surface area contributed by atoms with Crippen LogP contribution in [0.1, 0.15) is 34.6 Å². The van der Waals surface area contributed by atoms with E-state index in [1.165, 1.54) is 23.1 Å². The van der Waals surface area contributed by atoms with E-state index in [2.05, 4.69) is 9.97 Å². The Kier molecular flexibility index (Phi) is 7.59. The first kappa shape index (κ1) is 25.2. The third kappa shape index (κ3) is 5.21. The molecule has 0 fully saturated rings. The number of carbonyl (C=O) groups excluding carboxylic acids is 2. The van der Waals surface area contributed by atoms with Crippen molar-refractivity contribution in [2.45, 2.75) is 26.0 Å². The number of pyridine rings is 2. The van der Waals surface area contributed by atoms with Crippen LogP contribution in [-0.4, -0.2) is 75.6 Å². The van der Waals surface area contributed by atoms with Crippen LogP contribution >= 0.6 is 0 Å². The number of carbonyl (C=O) groups is 2. The number of amides is 2. The maximum Gasteiger partial charge on any atom is 0.259 e. The van der Waals surface area contributed by atoms with E-state index < -0.39 is 23.9 Å². The van der Waals surface area contributed by atoms with Crippen LogP contribution < -0.4 is 4.74 Å². The molecule has 2 aromatic heterocycles. The van der Waals surface area contributed by atoms with Crippen LogP contribution in [0.15, 0.2) is 61.1 Å². The topological polar surface area (TPSA) is 95.9 Å². The van der Waals surface area contributed by atoms with Gasteiger partial charge in [-0.05, 0) is 42.8 Å². The van der Waals surface area contributed by atoms with Crippen molar-refractivity contribution in [3.63, 3.8) is 0 Å². The van der Waals surface area contributed by atoms with Gasteiger partial charge >= 0.3 is 0 Å². The quantitative estimate of drug-likeness (QED) is 0.568. The van der Waals surface area contributed by atoms with Crippen LogP contribution in [0.5, 0.6) is 5.88 Å². The standard InChI is InChI=1S/C27H29FN4O4/c1-17-14-32(18(2)16-33)27(35)22-12-20(19-8-10-29-11-9-19)13-30-25(22)36-24(17)15-31(3)26(34)21-6-4-5-7-23(21)28/h4-13,17-18,24,33H,14-16H2,1-3H3/t17-,18-,24+/m0/s1. The predicted octanol–water partition coefficient (Wildman–Crippen LogP) is 3.28. The van der Waals surface area contributed by atoms with E-state index in [1.54, 1.807) is 49.6 Å². The number of rotatable bonds is 6. The van der Waals surface area contributed by atoms with Gasteiger partial charge in [0.05, 0.1) is 24.8 Å². The van der Waals surface area contributed by atoms with Gasteiger partial charge < -0.3 is 19.6 Å². The molecule has 3 atom stereocenters. The molecule has 0 saturated heterocycles. The summed E-state index contributed by atoms with van der Waals surface area (Å²) in [5.41, 5.74) is 1.81. The van der Waals surface area contributed by atoms with Crippen LogP contribution in [0.3, 0.4) is 0 Å². The normalized spacial score (nSPS) is 18.5. The van der Waals surface area contributed by atoms with E-state index in [-0.39, 0.29) is 42.0 Å². The van der Waals surface area contributed by atoms with Gasteiger partial charge in [-0.25, -0.2) is 9.37 Å². The van der Waals surface area contributed by atoms with E-state index in [1.807, 2.05) is 19.1 Å². The van der Waals surface area contributed by atoms with Gasteiger partial charge in [0.25, 0.3) is 11.8 Å². The highest BCUT2D eigenvalue weighted by atomic mass is 19.1. The molecule has 1 N–H and O–H groups in total.